The van der Waals surface area contributed by atoms with E-state index >= 15 is 0 Å². The van der Waals surface area contributed by atoms with E-state index in [1.54, 1.807) is 24.3 Å². The molecule has 0 amide bonds. The van der Waals surface area contributed by atoms with Gasteiger partial charge in [0.2, 0.25) is 0 Å². The third-order valence-corrected chi connectivity index (χ3v) is 4.30. The Balaban J connectivity index is 2.34. The Morgan fingerprint density at radius 2 is 1.81 bits per heavy atom. The second-order valence-corrected chi connectivity index (χ2v) is 6.30. The van der Waals surface area contributed by atoms with Crippen molar-refractivity contribution in [3.05, 3.63) is 48.2 Å². The summed E-state index contributed by atoms with van der Waals surface area (Å²) in [5.74, 6) is 0. The van der Waals surface area contributed by atoms with Crippen LogP contribution >= 0.6 is 0 Å². The summed E-state index contributed by atoms with van der Waals surface area (Å²) in [6.45, 7) is 4.56. The summed E-state index contributed by atoms with van der Waals surface area (Å²) in [4.78, 5) is 4.02. The van der Waals surface area contributed by atoms with E-state index in [1.807, 2.05) is 26.0 Å². The molecule has 2 rings (SSSR count). The highest BCUT2D eigenvalue weighted by atomic mass is 32.2. The fourth-order valence-corrected chi connectivity index (χ4v) is 3.12. The van der Waals surface area contributed by atoms with E-state index in [1.165, 1.54) is 6.20 Å². The van der Waals surface area contributed by atoms with Crippen LogP contribution in [-0.2, 0) is 10.0 Å². The van der Waals surface area contributed by atoms with Crippen LogP contribution in [0.15, 0.2) is 47.6 Å². The topological polar surface area (TPSA) is 71.1 Å². The largest absolute Gasteiger partial charge is 0.383 e. The maximum atomic E-state index is 12.5. The number of nitrogens with zero attached hydrogens (tertiary/aromatic N) is 1. The van der Waals surface area contributed by atoms with Crippen molar-refractivity contribution in [2.75, 3.05) is 16.6 Å². The monoisotopic (exact) mass is 305 g/mol. The number of aromatic nitrogens is 1. The molecule has 0 unspecified atom stereocenters. The van der Waals surface area contributed by atoms with Crippen molar-refractivity contribution >= 4 is 21.4 Å². The lowest BCUT2D eigenvalue weighted by molar-refractivity contribution is 0.598. The number of rotatable bonds is 6. The van der Waals surface area contributed by atoms with Crippen LogP contribution < -0.4 is 10.0 Å². The Bertz CT molecular complexity index is 714. The quantitative estimate of drug-likeness (QED) is 0.860. The second kappa shape index (κ2) is 6.58. The van der Waals surface area contributed by atoms with Gasteiger partial charge >= 0.3 is 0 Å². The van der Waals surface area contributed by atoms with Crippen molar-refractivity contribution in [3.63, 3.8) is 0 Å². The molecule has 0 atom stereocenters. The van der Waals surface area contributed by atoms with E-state index in [4.69, 9.17) is 0 Å². The van der Waals surface area contributed by atoms with E-state index in [-0.39, 0.29) is 5.03 Å². The van der Waals surface area contributed by atoms with Gasteiger partial charge in [-0.3, -0.25) is 4.72 Å². The molecule has 0 radical (unpaired) electrons. The molecule has 0 fully saturated rings. The van der Waals surface area contributed by atoms with Gasteiger partial charge in [-0.25, -0.2) is 4.98 Å². The van der Waals surface area contributed by atoms with Crippen LogP contribution in [0.5, 0.6) is 0 Å². The first kappa shape index (κ1) is 15.3. The van der Waals surface area contributed by atoms with Gasteiger partial charge < -0.3 is 5.32 Å². The molecule has 5 nitrogen and oxygen atoms in total. The Morgan fingerprint density at radius 3 is 2.52 bits per heavy atom. The van der Waals surface area contributed by atoms with Crippen LogP contribution in [0.3, 0.4) is 0 Å². The van der Waals surface area contributed by atoms with E-state index < -0.39 is 10.0 Å². The average Bonchev–Trinajstić information content (AvgIpc) is 2.47. The van der Waals surface area contributed by atoms with Crippen LogP contribution in [0, 0.1) is 6.92 Å². The number of pyridine rings is 1. The van der Waals surface area contributed by atoms with Crippen LogP contribution in [0.2, 0.25) is 0 Å². The van der Waals surface area contributed by atoms with E-state index in [0.29, 0.717) is 17.9 Å². The van der Waals surface area contributed by atoms with Crippen molar-refractivity contribution in [1.82, 2.24) is 4.98 Å². The summed E-state index contributed by atoms with van der Waals surface area (Å²) >= 11 is 0. The summed E-state index contributed by atoms with van der Waals surface area (Å²) in [5.41, 5.74) is 1.94. The Kier molecular flexibility index (Phi) is 4.80. The van der Waals surface area contributed by atoms with Crippen molar-refractivity contribution < 1.29 is 8.42 Å². The molecular weight excluding hydrogens is 286 g/mol. The molecule has 0 saturated heterocycles. The van der Waals surface area contributed by atoms with Gasteiger partial charge in [0, 0.05) is 12.7 Å². The molecule has 1 aromatic heterocycles. The minimum Gasteiger partial charge on any atom is -0.383 e. The molecule has 1 heterocycles. The van der Waals surface area contributed by atoms with Gasteiger partial charge in [-0.2, -0.15) is 8.42 Å². The fourth-order valence-electron chi connectivity index (χ4n) is 1.88. The van der Waals surface area contributed by atoms with Crippen molar-refractivity contribution in [1.29, 1.82) is 0 Å². The summed E-state index contributed by atoms with van der Waals surface area (Å²) in [5, 5.41) is 3.10. The Hall–Kier alpha value is -2.08. The summed E-state index contributed by atoms with van der Waals surface area (Å²) in [6, 6.07) is 10.7. The first-order valence-electron chi connectivity index (χ1n) is 6.82. The summed E-state index contributed by atoms with van der Waals surface area (Å²) in [6.07, 6.45) is 2.38. The number of aryl methyl sites for hydroxylation is 1. The number of sulfonamides is 1. The number of anilines is 2. The highest BCUT2D eigenvalue weighted by molar-refractivity contribution is 7.92. The zero-order valence-electron chi connectivity index (χ0n) is 12.1. The normalized spacial score (nSPS) is 11.1. The lowest BCUT2D eigenvalue weighted by atomic mass is 10.2. The predicted molar refractivity (Wildman–Crippen MR) is 85.0 cm³/mol. The van der Waals surface area contributed by atoms with Crippen LogP contribution in [-0.4, -0.2) is 19.9 Å². The van der Waals surface area contributed by atoms with E-state index in [0.717, 1.165) is 12.0 Å². The molecule has 2 N–H and O–H groups in total. The van der Waals surface area contributed by atoms with E-state index in [9.17, 15) is 8.42 Å². The third kappa shape index (κ3) is 3.72. The first-order valence-corrected chi connectivity index (χ1v) is 8.30. The van der Waals surface area contributed by atoms with Gasteiger partial charge in [-0.05, 0) is 37.1 Å². The molecule has 1 aromatic carbocycles. The molecular formula is C15H19N3O2S. The predicted octanol–water partition coefficient (Wildman–Crippen LogP) is 3.01. The molecule has 112 valence electrons. The number of hydrogen-bond donors (Lipinski definition) is 2. The molecule has 0 saturated carbocycles. The molecule has 0 aliphatic heterocycles. The number of para-hydroxylation sites is 1. The molecule has 0 aliphatic rings. The van der Waals surface area contributed by atoms with Gasteiger partial charge in [-0.15, -0.1) is 0 Å². The van der Waals surface area contributed by atoms with Crippen molar-refractivity contribution in [2.24, 2.45) is 0 Å². The number of hydrogen-bond acceptors (Lipinski definition) is 4. The number of benzene rings is 1. The highest BCUT2D eigenvalue weighted by Gasteiger charge is 2.20. The lowest BCUT2D eigenvalue weighted by Crippen LogP contribution is -2.17. The van der Waals surface area contributed by atoms with Crippen molar-refractivity contribution in [2.45, 2.75) is 25.3 Å². The summed E-state index contributed by atoms with van der Waals surface area (Å²) in [7, 11) is -3.72. The molecule has 21 heavy (non-hydrogen) atoms. The van der Waals surface area contributed by atoms with Crippen LogP contribution in [0.1, 0.15) is 18.9 Å². The van der Waals surface area contributed by atoms with Gasteiger partial charge in [0.1, 0.15) is 0 Å². The maximum absolute atomic E-state index is 12.5. The maximum Gasteiger partial charge on any atom is 0.281 e. The Morgan fingerprint density at radius 1 is 1.10 bits per heavy atom. The molecule has 2 aromatic rings. The third-order valence-electron chi connectivity index (χ3n) is 2.98. The van der Waals surface area contributed by atoms with Gasteiger partial charge in [0.15, 0.2) is 5.03 Å². The average molecular weight is 305 g/mol. The number of nitrogens with one attached hydrogen (secondary N) is 2. The fraction of sp³-hybridized carbons (Fsp3) is 0.267. The zero-order valence-corrected chi connectivity index (χ0v) is 12.9. The smallest absolute Gasteiger partial charge is 0.281 e. The van der Waals surface area contributed by atoms with Gasteiger partial charge in [0.05, 0.1) is 11.4 Å². The van der Waals surface area contributed by atoms with Crippen molar-refractivity contribution in [3.8, 4) is 0 Å². The first-order chi connectivity index (χ1) is 10.0. The standard InChI is InChI=1S/C15H19N3O2S/c1-3-10-16-14-9-6-11-17-15(14)21(19,20)18-13-8-5-4-7-12(13)2/h4-9,11,16,18H,3,10H2,1-2H3. The summed E-state index contributed by atoms with van der Waals surface area (Å²) < 4.78 is 27.6. The Labute approximate surface area is 125 Å². The molecule has 0 spiro atoms. The van der Waals surface area contributed by atoms with Crippen LogP contribution in [0.25, 0.3) is 0 Å². The van der Waals surface area contributed by atoms with Gasteiger partial charge in [0.25, 0.3) is 10.0 Å². The van der Waals surface area contributed by atoms with Gasteiger partial charge in [-0.1, -0.05) is 25.1 Å². The highest BCUT2D eigenvalue weighted by Crippen LogP contribution is 2.23. The minimum absolute atomic E-state index is 0.0155. The SMILES string of the molecule is CCCNc1cccnc1S(=O)(=O)Nc1ccccc1C. The molecule has 0 bridgehead atoms. The molecule has 0 aliphatic carbocycles. The van der Waals surface area contributed by atoms with Crippen LogP contribution in [0.4, 0.5) is 11.4 Å². The van der Waals surface area contributed by atoms with E-state index in [2.05, 4.69) is 15.0 Å². The minimum atomic E-state index is -3.72. The molecule has 6 heteroatoms. The second-order valence-electron chi connectivity index (χ2n) is 4.70. The zero-order chi connectivity index (χ0) is 15.3. The lowest BCUT2D eigenvalue weighted by Gasteiger charge is -2.13.